The number of benzene rings is 1. The predicted octanol–water partition coefficient (Wildman–Crippen LogP) is 2.92. The van der Waals surface area contributed by atoms with Gasteiger partial charge in [-0.2, -0.15) is 0 Å². The number of rotatable bonds is 3. The monoisotopic (exact) mass is 235 g/mol. The van der Waals surface area contributed by atoms with Gasteiger partial charge in [-0.15, -0.1) is 11.3 Å². The lowest BCUT2D eigenvalue weighted by molar-refractivity contribution is -0.0998. The van der Waals surface area contributed by atoms with Gasteiger partial charge in [-0.3, -0.25) is 9.63 Å². The minimum atomic E-state index is -0.0944. The molecule has 0 N–H and O–H groups in total. The molecule has 2 aromatic rings. The zero-order valence-corrected chi connectivity index (χ0v) is 10.1. The molecule has 84 valence electrons. The molecule has 16 heavy (non-hydrogen) atoms. The number of carbonyl (C=O) groups is 1. The molecule has 0 spiro atoms. The molecule has 0 unspecified atom stereocenters. The van der Waals surface area contributed by atoms with Gasteiger partial charge in [0.15, 0.2) is 0 Å². The molecule has 0 atom stereocenters. The summed E-state index contributed by atoms with van der Waals surface area (Å²) in [4.78, 5) is 17.8. The highest BCUT2D eigenvalue weighted by Crippen LogP contribution is 2.25. The second-order valence-electron chi connectivity index (χ2n) is 3.37. The maximum atomic E-state index is 11.9. The number of thiophene rings is 1. The van der Waals surface area contributed by atoms with E-state index < -0.39 is 0 Å². The Hall–Kier alpha value is -1.39. The van der Waals surface area contributed by atoms with Crippen LogP contribution in [0.4, 0.5) is 0 Å². The van der Waals surface area contributed by atoms with E-state index in [1.165, 1.54) is 16.4 Å². The molecule has 4 heteroatoms. The third-order valence-corrected chi connectivity index (χ3v) is 3.35. The number of hydrogen-bond donors (Lipinski definition) is 0. The van der Waals surface area contributed by atoms with Crippen molar-refractivity contribution in [3.8, 4) is 0 Å². The van der Waals surface area contributed by atoms with E-state index in [0.29, 0.717) is 11.5 Å². The summed E-state index contributed by atoms with van der Waals surface area (Å²) in [5, 5.41) is 2.38. The molecule has 0 saturated heterocycles. The van der Waals surface area contributed by atoms with Gasteiger partial charge in [-0.05, 0) is 24.4 Å². The molecule has 1 aromatic heterocycles. The summed E-state index contributed by atoms with van der Waals surface area (Å²) in [5.74, 6) is -0.0944. The number of nitrogens with zero attached hydrogens (tertiary/aromatic N) is 1. The van der Waals surface area contributed by atoms with Crippen LogP contribution in [-0.2, 0) is 4.84 Å². The van der Waals surface area contributed by atoms with Gasteiger partial charge < -0.3 is 0 Å². The van der Waals surface area contributed by atoms with Crippen LogP contribution in [0.3, 0.4) is 0 Å². The number of hydroxylamine groups is 2. The normalized spacial score (nSPS) is 10.6. The average molecular weight is 235 g/mol. The Kier molecular flexibility index (Phi) is 3.22. The van der Waals surface area contributed by atoms with Crippen LogP contribution in [0.5, 0.6) is 0 Å². The van der Waals surface area contributed by atoms with Gasteiger partial charge in [-0.25, -0.2) is 5.06 Å². The summed E-state index contributed by atoms with van der Waals surface area (Å²) in [6, 6.07) is 9.85. The highest BCUT2D eigenvalue weighted by molar-refractivity contribution is 7.20. The molecule has 0 radical (unpaired) electrons. The van der Waals surface area contributed by atoms with Crippen LogP contribution in [0.1, 0.15) is 16.6 Å². The van der Waals surface area contributed by atoms with Gasteiger partial charge in [0.25, 0.3) is 5.91 Å². The van der Waals surface area contributed by atoms with Crippen molar-refractivity contribution >= 4 is 27.3 Å². The molecule has 0 fully saturated rings. The Morgan fingerprint density at radius 3 is 2.88 bits per heavy atom. The van der Waals surface area contributed by atoms with Gasteiger partial charge in [-0.1, -0.05) is 18.2 Å². The second kappa shape index (κ2) is 4.63. The lowest BCUT2D eigenvalue weighted by Crippen LogP contribution is -2.26. The Morgan fingerprint density at radius 2 is 2.19 bits per heavy atom. The van der Waals surface area contributed by atoms with E-state index in [1.807, 2.05) is 37.3 Å². The maximum absolute atomic E-state index is 11.9. The Bertz CT molecular complexity index is 473. The van der Waals surface area contributed by atoms with Crippen molar-refractivity contribution in [2.75, 3.05) is 13.7 Å². The Labute approximate surface area is 98.2 Å². The zero-order valence-electron chi connectivity index (χ0n) is 9.27. The van der Waals surface area contributed by atoms with Gasteiger partial charge in [0.2, 0.25) is 0 Å². The summed E-state index contributed by atoms with van der Waals surface area (Å²) in [6.07, 6.45) is 0. The first-order valence-electron chi connectivity index (χ1n) is 5.12. The first-order valence-corrected chi connectivity index (χ1v) is 5.93. The van der Waals surface area contributed by atoms with Crippen molar-refractivity contribution in [1.82, 2.24) is 5.06 Å². The average Bonchev–Trinajstić information content (AvgIpc) is 2.71. The van der Waals surface area contributed by atoms with Crippen LogP contribution in [0.25, 0.3) is 10.1 Å². The van der Waals surface area contributed by atoms with Crippen molar-refractivity contribution < 1.29 is 9.63 Å². The lowest BCUT2D eigenvalue weighted by atomic mass is 10.2. The van der Waals surface area contributed by atoms with Gasteiger partial charge in [0, 0.05) is 11.7 Å². The van der Waals surface area contributed by atoms with Crippen LogP contribution in [0.2, 0.25) is 0 Å². The molecular weight excluding hydrogens is 222 g/mol. The lowest BCUT2D eigenvalue weighted by Gasteiger charge is -2.13. The van der Waals surface area contributed by atoms with E-state index in [2.05, 4.69) is 0 Å². The number of carbonyl (C=O) groups excluding carboxylic acids is 1. The Morgan fingerprint density at radius 1 is 1.44 bits per heavy atom. The summed E-state index contributed by atoms with van der Waals surface area (Å²) < 4.78 is 1.12. The molecule has 0 aliphatic rings. The third kappa shape index (κ3) is 2.08. The molecule has 1 heterocycles. The molecule has 0 saturated carbocycles. The highest BCUT2D eigenvalue weighted by atomic mass is 32.1. The van der Waals surface area contributed by atoms with E-state index in [0.717, 1.165) is 10.1 Å². The SMILES string of the molecule is CCON(C)C(=O)c1cc2ccccc2s1. The van der Waals surface area contributed by atoms with E-state index in [9.17, 15) is 4.79 Å². The van der Waals surface area contributed by atoms with Gasteiger partial charge in [0.05, 0.1) is 11.5 Å². The molecule has 0 aliphatic heterocycles. The summed E-state index contributed by atoms with van der Waals surface area (Å²) in [7, 11) is 1.64. The second-order valence-corrected chi connectivity index (χ2v) is 4.45. The fraction of sp³-hybridized carbons (Fsp3) is 0.250. The Balaban J connectivity index is 2.29. The largest absolute Gasteiger partial charge is 0.287 e. The zero-order chi connectivity index (χ0) is 11.5. The molecule has 0 bridgehead atoms. The van der Waals surface area contributed by atoms with Crippen molar-refractivity contribution in [3.05, 3.63) is 35.2 Å². The van der Waals surface area contributed by atoms with Crippen LogP contribution in [0, 0.1) is 0 Å². The highest BCUT2D eigenvalue weighted by Gasteiger charge is 2.14. The molecule has 1 amide bonds. The van der Waals surface area contributed by atoms with E-state index >= 15 is 0 Å². The fourth-order valence-corrected chi connectivity index (χ4v) is 2.52. The first-order chi connectivity index (χ1) is 7.72. The van der Waals surface area contributed by atoms with E-state index in [1.54, 1.807) is 7.05 Å². The van der Waals surface area contributed by atoms with Crippen LogP contribution < -0.4 is 0 Å². The summed E-state index contributed by atoms with van der Waals surface area (Å²) >= 11 is 1.49. The predicted molar refractivity (Wildman–Crippen MR) is 65.5 cm³/mol. The molecule has 0 aliphatic carbocycles. The number of fused-ring (bicyclic) bond motifs is 1. The quantitative estimate of drug-likeness (QED) is 0.765. The van der Waals surface area contributed by atoms with E-state index in [4.69, 9.17) is 4.84 Å². The summed E-state index contributed by atoms with van der Waals surface area (Å²) in [6.45, 7) is 2.35. The van der Waals surface area contributed by atoms with Gasteiger partial charge in [0.1, 0.15) is 0 Å². The van der Waals surface area contributed by atoms with Crippen LogP contribution >= 0.6 is 11.3 Å². The van der Waals surface area contributed by atoms with E-state index in [-0.39, 0.29) is 5.91 Å². The minimum Gasteiger partial charge on any atom is -0.271 e. The van der Waals surface area contributed by atoms with Crippen LogP contribution in [0.15, 0.2) is 30.3 Å². The van der Waals surface area contributed by atoms with Crippen molar-refractivity contribution in [2.45, 2.75) is 6.92 Å². The molecule has 2 rings (SSSR count). The third-order valence-electron chi connectivity index (χ3n) is 2.25. The number of amides is 1. The fourth-order valence-electron chi connectivity index (χ4n) is 1.49. The summed E-state index contributed by atoms with van der Waals surface area (Å²) in [5.41, 5.74) is 0. The van der Waals surface area contributed by atoms with Crippen molar-refractivity contribution in [3.63, 3.8) is 0 Å². The first kappa shape index (κ1) is 11.1. The standard InChI is InChI=1S/C12H13NO2S/c1-3-15-13(2)12(14)11-8-9-6-4-5-7-10(9)16-11/h4-8H,3H2,1-2H3. The minimum absolute atomic E-state index is 0.0944. The van der Waals surface area contributed by atoms with Gasteiger partial charge >= 0.3 is 0 Å². The molecular formula is C12H13NO2S. The molecule has 1 aromatic carbocycles. The van der Waals surface area contributed by atoms with Crippen molar-refractivity contribution in [1.29, 1.82) is 0 Å². The number of hydrogen-bond acceptors (Lipinski definition) is 3. The van der Waals surface area contributed by atoms with Crippen molar-refractivity contribution in [2.24, 2.45) is 0 Å². The smallest absolute Gasteiger partial charge is 0.271 e. The topological polar surface area (TPSA) is 29.5 Å². The van der Waals surface area contributed by atoms with Crippen LogP contribution in [-0.4, -0.2) is 24.6 Å². The maximum Gasteiger partial charge on any atom is 0.287 e. The molecule has 3 nitrogen and oxygen atoms in total.